The molecular formula is C14H22FN3O. The summed E-state index contributed by atoms with van der Waals surface area (Å²) in [5, 5.41) is 5.39. The number of anilines is 1. The Kier molecular flexibility index (Phi) is 6.29. The second kappa shape index (κ2) is 7.74. The summed E-state index contributed by atoms with van der Waals surface area (Å²) in [5.41, 5.74) is 0.452. The molecule has 0 aliphatic rings. The molecule has 4 nitrogen and oxygen atoms in total. The normalized spacial score (nSPS) is 12.3. The average molecular weight is 267 g/mol. The number of hydrogen-bond donors (Lipinski definition) is 2. The van der Waals surface area contributed by atoms with Gasteiger partial charge in [0.25, 0.3) is 0 Å². The van der Waals surface area contributed by atoms with E-state index in [1.54, 1.807) is 12.1 Å². The molecule has 1 aromatic rings. The van der Waals surface area contributed by atoms with Crippen molar-refractivity contribution in [3.8, 4) is 0 Å². The topological polar surface area (TPSA) is 44.4 Å². The van der Waals surface area contributed by atoms with Gasteiger partial charge in [-0.1, -0.05) is 19.9 Å². The number of carbonyl (C=O) groups is 1. The third kappa shape index (κ3) is 5.26. The van der Waals surface area contributed by atoms with Gasteiger partial charge in [-0.25, -0.2) is 9.18 Å². The summed E-state index contributed by atoms with van der Waals surface area (Å²) < 4.78 is 13.0. The standard InChI is InChI=1S/C14H22FN3O/c1-4-18(5-2)11(3)10-16-14(19)17-13-8-6-7-12(15)9-13/h6-9,11H,4-5,10H2,1-3H3,(H2,16,17,19)/t11-/m0/s1. The van der Waals surface area contributed by atoms with Crippen molar-refractivity contribution in [2.75, 3.05) is 25.0 Å². The van der Waals surface area contributed by atoms with E-state index in [1.165, 1.54) is 12.1 Å². The molecule has 0 radical (unpaired) electrons. The lowest BCUT2D eigenvalue weighted by atomic mass is 10.3. The van der Waals surface area contributed by atoms with Gasteiger partial charge in [-0.05, 0) is 38.2 Å². The Morgan fingerprint density at radius 2 is 2.05 bits per heavy atom. The van der Waals surface area contributed by atoms with Crippen molar-refractivity contribution in [1.82, 2.24) is 10.2 Å². The predicted octanol–water partition coefficient (Wildman–Crippen LogP) is 2.68. The third-order valence-corrected chi connectivity index (χ3v) is 3.08. The fourth-order valence-corrected chi connectivity index (χ4v) is 1.96. The van der Waals surface area contributed by atoms with Crippen molar-refractivity contribution in [1.29, 1.82) is 0 Å². The van der Waals surface area contributed by atoms with Gasteiger partial charge in [-0.2, -0.15) is 0 Å². The van der Waals surface area contributed by atoms with Gasteiger partial charge in [0.1, 0.15) is 5.82 Å². The zero-order chi connectivity index (χ0) is 14.3. The van der Waals surface area contributed by atoms with Crippen LogP contribution in [-0.2, 0) is 0 Å². The first-order valence-corrected chi connectivity index (χ1v) is 6.61. The molecule has 1 aromatic carbocycles. The molecule has 1 atom stereocenters. The Bertz CT molecular complexity index is 407. The highest BCUT2D eigenvalue weighted by Crippen LogP contribution is 2.08. The van der Waals surface area contributed by atoms with E-state index < -0.39 is 0 Å². The van der Waals surface area contributed by atoms with Crippen molar-refractivity contribution in [3.05, 3.63) is 30.1 Å². The number of likely N-dealkylation sites (N-methyl/N-ethyl adjacent to an activating group) is 1. The van der Waals surface area contributed by atoms with Crippen LogP contribution in [0.4, 0.5) is 14.9 Å². The Morgan fingerprint density at radius 1 is 1.37 bits per heavy atom. The molecule has 5 heteroatoms. The maximum Gasteiger partial charge on any atom is 0.319 e. The van der Waals surface area contributed by atoms with Crippen molar-refractivity contribution in [2.24, 2.45) is 0 Å². The fraction of sp³-hybridized carbons (Fsp3) is 0.500. The van der Waals surface area contributed by atoms with Gasteiger partial charge in [0.2, 0.25) is 0 Å². The molecule has 19 heavy (non-hydrogen) atoms. The highest BCUT2D eigenvalue weighted by molar-refractivity contribution is 5.89. The molecule has 0 fully saturated rings. The maximum absolute atomic E-state index is 13.0. The predicted molar refractivity (Wildman–Crippen MR) is 75.8 cm³/mol. The summed E-state index contributed by atoms with van der Waals surface area (Å²) in [7, 11) is 0. The van der Waals surface area contributed by atoms with Crippen LogP contribution >= 0.6 is 0 Å². The van der Waals surface area contributed by atoms with Gasteiger partial charge in [0.05, 0.1) is 0 Å². The van der Waals surface area contributed by atoms with Crippen LogP contribution in [0.5, 0.6) is 0 Å². The molecule has 0 saturated heterocycles. The van der Waals surface area contributed by atoms with Gasteiger partial charge in [-0.15, -0.1) is 0 Å². The molecule has 0 bridgehead atoms. The SMILES string of the molecule is CCN(CC)[C@@H](C)CNC(=O)Nc1cccc(F)c1. The van der Waals surface area contributed by atoms with E-state index in [9.17, 15) is 9.18 Å². The third-order valence-electron chi connectivity index (χ3n) is 3.08. The minimum atomic E-state index is -0.366. The Balaban J connectivity index is 2.39. The van der Waals surface area contributed by atoms with E-state index in [2.05, 4.69) is 36.3 Å². The van der Waals surface area contributed by atoms with Crippen LogP contribution < -0.4 is 10.6 Å². The molecule has 0 heterocycles. The molecule has 2 N–H and O–H groups in total. The number of benzene rings is 1. The van der Waals surface area contributed by atoms with Crippen LogP contribution in [0.3, 0.4) is 0 Å². The summed E-state index contributed by atoms with van der Waals surface area (Å²) in [6.07, 6.45) is 0. The van der Waals surface area contributed by atoms with E-state index in [0.717, 1.165) is 13.1 Å². The summed E-state index contributed by atoms with van der Waals surface area (Å²) in [6, 6.07) is 5.79. The smallest absolute Gasteiger partial charge is 0.319 e. The molecule has 2 amide bonds. The van der Waals surface area contributed by atoms with Crippen molar-refractivity contribution in [3.63, 3.8) is 0 Å². The molecule has 0 unspecified atom stereocenters. The van der Waals surface area contributed by atoms with E-state index in [-0.39, 0.29) is 17.9 Å². The zero-order valence-electron chi connectivity index (χ0n) is 11.7. The minimum Gasteiger partial charge on any atom is -0.336 e. The van der Waals surface area contributed by atoms with Crippen LogP contribution in [0.25, 0.3) is 0 Å². The number of amides is 2. The molecule has 0 spiro atoms. The zero-order valence-corrected chi connectivity index (χ0v) is 11.7. The second-order valence-corrected chi connectivity index (χ2v) is 4.42. The van der Waals surface area contributed by atoms with Crippen molar-refractivity contribution >= 4 is 11.7 Å². The molecule has 106 valence electrons. The highest BCUT2D eigenvalue weighted by atomic mass is 19.1. The number of urea groups is 1. The quantitative estimate of drug-likeness (QED) is 0.832. The summed E-state index contributed by atoms with van der Waals surface area (Å²) in [6.45, 7) is 8.70. The molecular weight excluding hydrogens is 245 g/mol. The van der Waals surface area contributed by atoms with E-state index in [0.29, 0.717) is 12.2 Å². The second-order valence-electron chi connectivity index (χ2n) is 4.42. The van der Waals surface area contributed by atoms with Crippen LogP contribution in [0.1, 0.15) is 20.8 Å². The monoisotopic (exact) mass is 267 g/mol. The lowest BCUT2D eigenvalue weighted by Crippen LogP contribution is -2.43. The summed E-state index contributed by atoms with van der Waals surface area (Å²) in [4.78, 5) is 13.9. The number of nitrogens with one attached hydrogen (secondary N) is 2. The first-order valence-electron chi connectivity index (χ1n) is 6.61. The van der Waals surface area contributed by atoms with Gasteiger partial charge in [0, 0.05) is 18.3 Å². The molecule has 0 aliphatic heterocycles. The molecule has 0 saturated carbocycles. The summed E-state index contributed by atoms with van der Waals surface area (Å²) in [5.74, 6) is -0.366. The van der Waals surface area contributed by atoms with E-state index in [4.69, 9.17) is 0 Å². The molecule has 0 aliphatic carbocycles. The van der Waals surface area contributed by atoms with Gasteiger partial charge >= 0.3 is 6.03 Å². The average Bonchev–Trinajstić information content (AvgIpc) is 2.38. The number of halogens is 1. The Labute approximate surface area is 114 Å². The minimum absolute atomic E-state index is 0.272. The first kappa shape index (κ1) is 15.4. The number of rotatable bonds is 6. The maximum atomic E-state index is 13.0. The largest absolute Gasteiger partial charge is 0.336 e. The van der Waals surface area contributed by atoms with Crippen LogP contribution in [0.2, 0.25) is 0 Å². The van der Waals surface area contributed by atoms with Gasteiger partial charge in [-0.3, -0.25) is 4.90 Å². The molecule has 0 aromatic heterocycles. The van der Waals surface area contributed by atoms with Gasteiger partial charge < -0.3 is 10.6 Å². The fourth-order valence-electron chi connectivity index (χ4n) is 1.96. The lowest BCUT2D eigenvalue weighted by Gasteiger charge is -2.26. The molecule has 1 rings (SSSR count). The number of nitrogens with zero attached hydrogens (tertiary/aromatic N) is 1. The van der Waals surface area contributed by atoms with Crippen LogP contribution in [0.15, 0.2) is 24.3 Å². The van der Waals surface area contributed by atoms with Crippen molar-refractivity contribution < 1.29 is 9.18 Å². The lowest BCUT2D eigenvalue weighted by molar-refractivity contribution is 0.220. The van der Waals surface area contributed by atoms with Crippen LogP contribution in [0, 0.1) is 5.82 Å². The Hall–Kier alpha value is -1.62. The first-order chi connectivity index (χ1) is 9.06. The van der Waals surface area contributed by atoms with Gasteiger partial charge in [0.15, 0.2) is 0 Å². The van der Waals surface area contributed by atoms with Crippen molar-refractivity contribution in [2.45, 2.75) is 26.8 Å². The highest BCUT2D eigenvalue weighted by Gasteiger charge is 2.11. The summed E-state index contributed by atoms with van der Waals surface area (Å²) >= 11 is 0. The number of hydrogen-bond acceptors (Lipinski definition) is 2. The van der Waals surface area contributed by atoms with E-state index in [1.807, 2.05) is 0 Å². The van der Waals surface area contributed by atoms with Crippen LogP contribution in [-0.4, -0.2) is 36.6 Å². The van der Waals surface area contributed by atoms with E-state index >= 15 is 0 Å². The Morgan fingerprint density at radius 3 is 2.63 bits per heavy atom. The number of carbonyl (C=O) groups excluding carboxylic acids is 1.